The van der Waals surface area contributed by atoms with Gasteiger partial charge in [0, 0.05) is 12.5 Å². The molecule has 0 bridgehead atoms. The van der Waals surface area contributed by atoms with Crippen molar-refractivity contribution in [3.05, 3.63) is 12.7 Å². The molecular formula is C11H18N2O3. The molecule has 0 spiro atoms. The van der Waals surface area contributed by atoms with Gasteiger partial charge in [-0.1, -0.05) is 6.08 Å². The number of hydrogen-bond donors (Lipinski definition) is 3. The van der Waals surface area contributed by atoms with Crippen molar-refractivity contribution < 1.29 is 14.7 Å². The molecule has 0 aromatic rings. The average molecular weight is 226 g/mol. The van der Waals surface area contributed by atoms with E-state index in [1.54, 1.807) is 0 Å². The molecule has 1 amide bonds. The van der Waals surface area contributed by atoms with Gasteiger partial charge in [-0.2, -0.15) is 0 Å². The standard InChI is InChI=1S/C11H18N2O3/c1-2-4-9(11(15)16)13-10(14)7-8-5-3-6-12-8/h2,8-9,12H,1,3-7H2,(H,13,14)(H,15,16). The lowest BCUT2D eigenvalue weighted by Crippen LogP contribution is -2.42. The maximum Gasteiger partial charge on any atom is 0.326 e. The number of rotatable bonds is 6. The summed E-state index contributed by atoms with van der Waals surface area (Å²) in [4.78, 5) is 22.3. The number of carboxylic acids is 1. The lowest BCUT2D eigenvalue weighted by Gasteiger charge is -2.14. The third kappa shape index (κ3) is 4.02. The fraction of sp³-hybridized carbons (Fsp3) is 0.636. The minimum atomic E-state index is -1.02. The molecule has 1 aliphatic heterocycles. The molecule has 16 heavy (non-hydrogen) atoms. The van der Waals surface area contributed by atoms with Gasteiger partial charge in [0.25, 0.3) is 0 Å². The molecule has 3 N–H and O–H groups in total. The van der Waals surface area contributed by atoms with Crippen molar-refractivity contribution in [1.29, 1.82) is 0 Å². The van der Waals surface area contributed by atoms with E-state index in [0.29, 0.717) is 6.42 Å². The van der Waals surface area contributed by atoms with Crippen molar-refractivity contribution in [2.24, 2.45) is 0 Å². The van der Waals surface area contributed by atoms with E-state index in [4.69, 9.17) is 5.11 Å². The van der Waals surface area contributed by atoms with Gasteiger partial charge in [-0.3, -0.25) is 4.79 Å². The molecule has 2 atom stereocenters. The van der Waals surface area contributed by atoms with Crippen LogP contribution < -0.4 is 10.6 Å². The SMILES string of the molecule is C=CCC(NC(=O)CC1CCCN1)C(=O)O. The Kier molecular flexibility index (Phi) is 4.98. The predicted molar refractivity (Wildman–Crippen MR) is 60.0 cm³/mol. The first kappa shape index (κ1) is 12.7. The van der Waals surface area contributed by atoms with Gasteiger partial charge in [0.2, 0.25) is 5.91 Å². The van der Waals surface area contributed by atoms with E-state index < -0.39 is 12.0 Å². The topological polar surface area (TPSA) is 78.4 Å². The zero-order valence-electron chi connectivity index (χ0n) is 9.24. The van der Waals surface area contributed by atoms with Gasteiger partial charge in [-0.25, -0.2) is 4.79 Å². The third-order valence-electron chi connectivity index (χ3n) is 2.63. The Morgan fingerprint density at radius 1 is 1.62 bits per heavy atom. The molecule has 2 unspecified atom stereocenters. The highest BCUT2D eigenvalue weighted by Crippen LogP contribution is 2.08. The summed E-state index contributed by atoms with van der Waals surface area (Å²) < 4.78 is 0. The second-order valence-electron chi connectivity index (χ2n) is 3.98. The number of aliphatic carboxylic acids is 1. The lowest BCUT2D eigenvalue weighted by atomic mass is 10.1. The Morgan fingerprint density at radius 3 is 2.88 bits per heavy atom. The predicted octanol–water partition coefficient (Wildman–Crippen LogP) is 0.274. The van der Waals surface area contributed by atoms with Gasteiger partial charge in [0.15, 0.2) is 0 Å². The van der Waals surface area contributed by atoms with Gasteiger partial charge >= 0.3 is 5.97 Å². The summed E-state index contributed by atoms with van der Waals surface area (Å²) in [6.07, 6.45) is 4.15. The van der Waals surface area contributed by atoms with E-state index in [-0.39, 0.29) is 18.4 Å². The lowest BCUT2D eigenvalue weighted by molar-refractivity contribution is -0.141. The summed E-state index contributed by atoms with van der Waals surface area (Å²) in [6.45, 7) is 4.40. The van der Waals surface area contributed by atoms with E-state index in [9.17, 15) is 9.59 Å². The van der Waals surface area contributed by atoms with Crippen LogP contribution in [0.4, 0.5) is 0 Å². The highest BCUT2D eigenvalue weighted by atomic mass is 16.4. The number of amides is 1. The summed E-state index contributed by atoms with van der Waals surface area (Å²) in [6, 6.07) is -0.662. The van der Waals surface area contributed by atoms with Crippen molar-refractivity contribution in [2.45, 2.75) is 37.8 Å². The summed E-state index contributed by atoms with van der Waals surface area (Å²) >= 11 is 0. The first-order valence-electron chi connectivity index (χ1n) is 5.50. The van der Waals surface area contributed by atoms with Gasteiger partial charge in [0.1, 0.15) is 6.04 Å². The van der Waals surface area contributed by atoms with Crippen LogP contribution in [0.25, 0.3) is 0 Å². The van der Waals surface area contributed by atoms with Crippen molar-refractivity contribution in [2.75, 3.05) is 6.54 Å². The molecular weight excluding hydrogens is 208 g/mol. The second-order valence-corrected chi connectivity index (χ2v) is 3.98. The normalized spacial score (nSPS) is 21.4. The van der Waals surface area contributed by atoms with E-state index in [1.807, 2.05) is 0 Å². The third-order valence-corrected chi connectivity index (χ3v) is 2.63. The van der Waals surface area contributed by atoms with Crippen molar-refractivity contribution in [1.82, 2.24) is 10.6 Å². The number of hydrogen-bond acceptors (Lipinski definition) is 3. The van der Waals surface area contributed by atoms with Crippen LogP contribution in [0.3, 0.4) is 0 Å². The largest absolute Gasteiger partial charge is 0.480 e. The van der Waals surface area contributed by atoms with E-state index in [2.05, 4.69) is 17.2 Å². The molecule has 1 heterocycles. The van der Waals surface area contributed by atoms with Crippen LogP contribution in [0.15, 0.2) is 12.7 Å². The molecule has 5 nitrogen and oxygen atoms in total. The average Bonchev–Trinajstić information content (AvgIpc) is 2.69. The second kappa shape index (κ2) is 6.27. The van der Waals surface area contributed by atoms with Crippen LogP contribution in [0, 0.1) is 0 Å². The first-order chi connectivity index (χ1) is 7.63. The minimum absolute atomic E-state index is 0.193. The molecule has 0 aromatic heterocycles. The quantitative estimate of drug-likeness (QED) is 0.568. The summed E-state index contributed by atoms with van der Waals surface area (Å²) in [5.74, 6) is -1.23. The molecule has 0 saturated carbocycles. The monoisotopic (exact) mass is 226 g/mol. The molecule has 1 aliphatic rings. The van der Waals surface area contributed by atoms with Crippen LogP contribution in [-0.2, 0) is 9.59 Å². The summed E-state index contributed by atoms with van der Waals surface area (Å²) in [5.41, 5.74) is 0. The molecule has 1 saturated heterocycles. The molecule has 0 aliphatic carbocycles. The minimum Gasteiger partial charge on any atom is -0.480 e. The van der Waals surface area contributed by atoms with Crippen LogP contribution >= 0.6 is 0 Å². The molecule has 90 valence electrons. The van der Waals surface area contributed by atoms with Crippen molar-refractivity contribution >= 4 is 11.9 Å². The Bertz CT molecular complexity index is 272. The number of carbonyl (C=O) groups excluding carboxylic acids is 1. The van der Waals surface area contributed by atoms with Crippen LogP contribution in [0.2, 0.25) is 0 Å². The van der Waals surface area contributed by atoms with Gasteiger partial charge in [-0.15, -0.1) is 6.58 Å². The molecule has 0 radical (unpaired) electrons. The van der Waals surface area contributed by atoms with Crippen molar-refractivity contribution in [3.8, 4) is 0 Å². The van der Waals surface area contributed by atoms with Crippen molar-refractivity contribution in [3.63, 3.8) is 0 Å². The number of nitrogens with one attached hydrogen (secondary N) is 2. The molecule has 1 fully saturated rings. The van der Waals surface area contributed by atoms with Crippen LogP contribution in [-0.4, -0.2) is 35.6 Å². The highest BCUT2D eigenvalue weighted by Gasteiger charge is 2.22. The van der Waals surface area contributed by atoms with E-state index >= 15 is 0 Å². The maximum absolute atomic E-state index is 11.5. The Hall–Kier alpha value is -1.36. The first-order valence-corrected chi connectivity index (χ1v) is 5.50. The zero-order valence-corrected chi connectivity index (χ0v) is 9.24. The Balaban J connectivity index is 2.35. The smallest absolute Gasteiger partial charge is 0.326 e. The van der Waals surface area contributed by atoms with Gasteiger partial charge < -0.3 is 15.7 Å². The molecule has 0 aromatic carbocycles. The van der Waals surface area contributed by atoms with Crippen LogP contribution in [0.5, 0.6) is 0 Å². The fourth-order valence-electron chi connectivity index (χ4n) is 1.80. The van der Waals surface area contributed by atoms with Gasteiger partial charge in [0.05, 0.1) is 0 Å². The summed E-state index contributed by atoms with van der Waals surface area (Å²) in [7, 11) is 0. The van der Waals surface area contributed by atoms with Gasteiger partial charge in [-0.05, 0) is 25.8 Å². The Morgan fingerprint density at radius 2 is 2.38 bits per heavy atom. The Labute approximate surface area is 94.9 Å². The summed E-state index contributed by atoms with van der Waals surface area (Å²) in [5, 5.41) is 14.5. The molecule has 5 heteroatoms. The number of carboxylic acid groups (broad SMARTS) is 1. The molecule has 1 rings (SSSR count). The van der Waals surface area contributed by atoms with E-state index in [1.165, 1.54) is 6.08 Å². The fourth-order valence-corrected chi connectivity index (χ4v) is 1.80. The number of carbonyl (C=O) groups is 2. The maximum atomic E-state index is 11.5. The van der Waals surface area contributed by atoms with Crippen LogP contribution in [0.1, 0.15) is 25.7 Å². The highest BCUT2D eigenvalue weighted by molar-refractivity contribution is 5.83. The van der Waals surface area contributed by atoms with E-state index in [0.717, 1.165) is 19.4 Å². The zero-order chi connectivity index (χ0) is 12.0.